The number of benzene rings is 1. The summed E-state index contributed by atoms with van der Waals surface area (Å²) in [5.41, 5.74) is -0.713. The predicted octanol–water partition coefficient (Wildman–Crippen LogP) is 2.53. The van der Waals surface area contributed by atoms with Crippen molar-refractivity contribution in [1.82, 2.24) is 5.32 Å². The molecule has 1 aliphatic carbocycles. The predicted molar refractivity (Wildman–Crippen MR) is 79.6 cm³/mol. The van der Waals surface area contributed by atoms with Crippen LogP contribution in [-0.4, -0.2) is 29.6 Å². The molecule has 116 valence electrons. The van der Waals surface area contributed by atoms with Gasteiger partial charge in [0.2, 0.25) is 0 Å². The van der Waals surface area contributed by atoms with Crippen LogP contribution in [0, 0.1) is 5.82 Å². The number of fused-ring (bicyclic) bond motifs is 1. The Morgan fingerprint density at radius 2 is 2.18 bits per heavy atom. The number of hydrogen-bond donors (Lipinski definition) is 2. The molecular formula is C15H14FNO4S. The maximum atomic E-state index is 14.1. The second-order valence-corrected chi connectivity index (χ2v) is 6.35. The Morgan fingerprint density at radius 1 is 1.45 bits per heavy atom. The quantitative estimate of drug-likeness (QED) is 0.886. The zero-order valence-corrected chi connectivity index (χ0v) is 12.6. The molecule has 1 fully saturated rings. The third-order valence-corrected chi connectivity index (χ3v) is 4.97. The Balaban J connectivity index is 2.03. The third kappa shape index (κ3) is 2.36. The van der Waals surface area contributed by atoms with Gasteiger partial charge in [-0.1, -0.05) is 6.07 Å². The van der Waals surface area contributed by atoms with E-state index in [1.165, 1.54) is 13.2 Å². The number of carbonyl (C=O) groups excluding carboxylic acids is 1. The lowest BCUT2D eigenvalue weighted by molar-refractivity contribution is -0.140. The van der Waals surface area contributed by atoms with E-state index in [4.69, 9.17) is 9.84 Å². The number of halogens is 1. The molecule has 5 nitrogen and oxygen atoms in total. The Bertz CT molecular complexity index is 766. The van der Waals surface area contributed by atoms with Crippen LogP contribution in [0.3, 0.4) is 0 Å². The van der Waals surface area contributed by atoms with Gasteiger partial charge in [-0.25, -0.2) is 9.18 Å². The highest BCUT2D eigenvalue weighted by Crippen LogP contribution is 2.38. The van der Waals surface area contributed by atoms with Gasteiger partial charge in [0.05, 0.1) is 11.5 Å². The lowest BCUT2D eigenvalue weighted by Crippen LogP contribution is -2.43. The molecule has 1 aromatic carbocycles. The molecule has 0 atom stereocenters. The van der Waals surface area contributed by atoms with E-state index in [1.807, 2.05) is 0 Å². The van der Waals surface area contributed by atoms with Gasteiger partial charge < -0.3 is 15.2 Å². The molecule has 1 amide bonds. The van der Waals surface area contributed by atoms with Crippen LogP contribution in [0.4, 0.5) is 4.39 Å². The zero-order chi connectivity index (χ0) is 15.9. The van der Waals surface area contributed by atoms with E-state index < -0.39 is 23.2 Å². The molecule has 1 saturated carbocycles. The van der Waals surface area contributed by atoms with Crippen molar-refractivity contribution in [2.45, 2.75) is 25.0 Å². The normalized spacial score (nSPS) is 15.7. The van der Waals surface area contributed by atoms with Crippen molar-refractivity contribution < 1.29 is 23.8 Å². The van der Waals surface area contributed by atoms with Gasteiger partial charge in [-0.05, 0) is 25.0 Å². The number of thiophene rings is 1. The number of nitrogens with one attached hydrogen (secondary N) is 1. The zero-order valence-electron chi connectivity index (χ0n) is 11.8. The van der Waals surface area contributed by atoms with Gasteiger partial charge in [0.25, 0.3) is 5.91 Å². The van der Waals surface area contributed by atoms with Gasteiger partial charge in [0, 0.05) is 22.8 Å². The van der Waals surface area contributed by atoms with Gasteiger partial charge in [0.1, 0.15) is 11.4 Å². The molecular weight excluding hydrogens is 309 g/mol. The third-order valence-electron chi connectivity index (χ3n) is 3.77. The number of methoxy groups -OCH3 is 1. The van der Waals surface area contributed by atoms with Gasteiger partial charge in [-0.2, -0.15) is 0 Å². The molecule has 0 unspecified atom stereocenters. The Kier molecular flexibility index (Phi) is 3.62. The van der Waals surface area contributed by atoms with Gasteiger partial charge in [-0.15, -0.1) is 11.3 Å². The molecule has 0 aliphatic heterocycles. The largest absolute Gasteiger partial charge is 0.480 e. The highest BCUT2D eigenvalue weighted by Gasteiger charge is 2.52. The minimum Gasteiger partial charge on any atom is -0.480 e. The molecule has 0 radical (unpaired) electrons. The summed E-state index contributed by atoms with van der Waals surface area (Å²) < 4.78 is 19.8. The van der Waals surface area contributed by atoms with Crippen LogP contribution in [-0.2, 0) is 16.1 Å². The molecule has 1 aromatic heterocycles. The molecule has 0 bridgehead atoms. The number of carbonyl (C=O) groups is 2. The lowest BCUT2D eigenvalue weighted by atomic mass is 10.1. The van der Waals surface area contributed by atoms with Crippen molar-refractivity contribution in [1.29, 1.82) is 0 Å². The van der Waals surface area contributed by atoms with E-state index in [2.05, 4.69) is 5.32 Å². The molecule has 0 spiro atoms. The number of amides is 1. The number of carboxylic acids is 1. The maximum absolute atomic E-state index is 14.1. The van der Waals surface area contributed by atoms with Gasteiger partial charge in [-0.3, -0.25) is 4.79 Å². The van der Waals surface area contributed by atoms with Crippen LogP contribution in [0.1, 0.15) is 28.1 Å². The molecule has 22 heavy (non-hydrogen) atoms. The van der Waals surface area contributed by atoms with Crippen molar-refractivity contribution >= 4 is 33.3 Å². The van der Waals surface area contributed by atoms with E-state index >= 15 is 0 Å². The first-order chi connectivity index (χ1) is 10.5. The monoisotopic (exact) mass is 323 g/mol. The van der Waals surface area contributed by atoms with Crippen molar-refractivity contribution in [2.75, 3.05) is 7.11 Å². The van der Waals surface area contributed by atoms with E-state index in [9.17, 15) is 14.0 Å². The lowest BCUT2D eigenvalue weighted by Gasteiger charge is -2.12. The smallest absolute Gasteiger partial charge is 0.329 e. The standard InChI is InChI=1S/C15H14FNO4S/c1-21-7-8-11-9(16)3-2-4-10(11)22-12(8)13(18)17-15(5-6-15)14(19)20/h2-4H,5-7H2,1H3,(H,17,18)(H,19,20). The summed E-state index contributed by atoms with van der Waals surface area (Å²) in [6.07, 6.45) is 0.819. The van der Waals surface area contributed by atoms with Crippen LogP contribution in [0.15, 0.2) is 18.2 Å². The number of aliphatic carboxylic acids is 1. The first-order valence-corrected chi connectivity index (χ1v) is 7.55. The van der Waals surface area contributed by atoms with Crippen molar-refractivity contribution in [3.8, 4) is 0 Å². The second kappa shape index (κ2) is 5.33. The summed E-state index contributed by atoms with van der Waals surface area (Å²) in [6.45, 7) is 0.0871. The summed E-state index contributed by atoms with van der Waals surface area (Å²) in [5, 5.41) is 12.1. The van der Waals surface area contributed by atoms with Crippen molar-refractivity contribution in [3.63, 3.8) is 0 Å². The average Bonchev–Trinajstić information content (AvgIpc) is 3.15. The Morgan fingerprint density at radius 3 is 2.77 bits per heavy atom. The van der Waals surface area contributed by atoms with E-state index in [0.29, 0.717) is 33.4 Å². The Labute approximate surface area is 129 Å². The summed E-state index contributed by atoms with van der Waals surface area (Å²) >= 11 is 1.14. The van der Waals surface area contributed by atoms with E-state index in [0.717, 1.165) is 11.3 Å². The van der Waals surface area contributed by atoms with Gasteiger partial charge >= 0.3 is 5.97 Å². The molecule has 1 aliphatic rings. The van der Waals surface area contributed by atoms with Crippen molar-refractivity contribution in [3.05, 3.63) is 34.5 Å². The highest BCUT2D eigenvalue weighted by atomic mass is 32.1. The summed E-state index contributed by atoms with van der Waals surface area (Å²) in [5.74, 6) is -1.95. The SMILES string of the molecule is COCc1c(C(=O)NC2(C(=O)O)CC2)sc2cccc(F)c12. The topological polar surface area (TPSA) is 75.6 Å². The minimum absolute atomic E-state index is 0.0871. The molecule has 3 rings (SSSR count). The van der Waals surface area contributed by atoms with Crippen LogP contribution in [0.25, 0.3) is 10.1 Å². The average molecular weight is 323 g/mol. The minimum atomic E-state index is -1.17. The fourth-order valence-electron chi connectivity index (χ4n) is 2.42. The van der Waals surface area contributed by atoms with Crippen LogP contribution in [0.2, 0.25) is 0 Å². The van der Waals surface area contributed by atoms with E-state index in [1.54, 1.807) is 12.1 Å². The number of hydrogen-bond acceptors (Lipinski definition) is 4. The van der Waals surface area contributed by atoms with Crippen LogP contribution in [0.5, 0.6) is 0 Å². The number of ether oxygens (including phenoxy) is 1. The molecule has 1 heterocycles. The van der Waals surface area contributed by atoms with Crippen LogP contribution < -0.4 is 5.32 Å². The number of rotatable bonds is 5. The fraction of sp³-hybridized carbons (Fsp3) is 0.333. The first kappa shape index (κ1) is 14.9. The highest BCUT2D eigenvalue weighted by molar-refractivity contribution is 7.21. The molecule has 2 N–H and O–H groups in total. The number of carboxylic acid groups (broad SMARTS) is 1. The fourth-order valence-corrected chi connectivity index (χ4v) is 3.54. The summed E-state index contributed by atoms with van der Waals surface area (Å²) in [4.78, 5) is 23.9. The Hall–Kier alpha value is -1.99. The molecule has 0 saturated heterocycles. The second-order valence-electron chi connectivity index (χ2n) is 5.30. The first-order valence-electron chi connectivity index (χ1n) is 6.73. The molecule has 2 aromatic rings. The molecule has 7 heteroatoms. The van der Waals surface area contributed by atoms with Crippen molar-refractivity contribution in [2.24, 2.45) is 0 Å². The van der Waals surface area contributed by atoms with Gasteiger partial charge in [0.15, 0.2) is 0 Å². The van der Waals surface area contributed by atoms with Crippen LogP contribution >= 0.6 is 11.3 Å². The maximum Gasteiger partial charge on any atom is 0.329 e. The summed E-state index contributed by atoms with van der Waals surface area (Å²) in [7, 11) is 1.46. The van der Waals surface area contributed by atoms with E-state index in [-0.39, 0.29) is 6.61 Å². The summed E-state index contributed by atoms with van der Waals surface area (Å²) in [6, 6.07) is 4.63.